The van der Waals surface area contributed by atoms with Crippen molar-refractivity contribution in [1.29, 1.82) is 0 Å². The average Bonchev–Trinajstić information content (AvgIpc) is 2.90. The van der Waals surface area contributed by atoms with Crippen LogP contribution < -0.4 is 0 Å². The Morgan fingerprint density at radius 3 is 2.71 bits per heavy atom. The highest BCUT2D eigenvalue weighted by Gasteiger charge is 2.12. The van der Waals surface area contributed by atoms with Gasteiger partial charge in [-0.15, -0.1) is 0 Å². The van der Waals surface area contributed by atoms with E-state index in [1.165, 1.54) is 12.1 Å². The first-order valence-electron chi connectivity index (χ1n) is 6.62. The number of aromatic nitrogens is 1. The van der Waals surface area contributed by atoms with Crippen molar-refractivity contribution in [3.8, 4) is 0 Å². The molecule has 0 aliphatic carbocycles. The van der Waals surface area contributed by atoms with Crippen LogP contribution in [0.25, 0.3) is 10.9 Å². The molecule has 106 valence electrons. The Bertz CT molecular complexity index is 811. The molecule has 0 saturated carbocycles. The van der Waals surface area contributed by atoms with Gasteiger partial charge in [-0.25, -0.2) is 4.39 Å². The lowest BCUT2D eigenvalue weighted by molar-refractivity contribution is -0.385. The molecular weight excluding hydrogens is 271 g/mol. The number of hydrogen-bond acceptors (Lipinski definition) is 2. The molecule has 0 spiro atoms. The van der Waals surface area contributed by atoms with Gasteiger partial charge in [0, 0.05) is 29.8 Å². The molecule has 5 heteroatoms. The van der Waals surface area contributed by atoms with Crippen molar-refractivity contribution in [3.63, 3.8) is 0 Å². The maximum Gasteiger partial charge on any atom is 0.272 e. The Kier molecular flexibility index (Phi) is 3.39. The van der Waals surface area contributed by atoms with Crippen LogP contribution in [-0.4, -0.2) is 9.49 Å². The zero-order valence-electron chi connectivity index (χ0n) is 11.2. The maximum absolute atomic E-state index is 13.6. The fourth-order valence-electron chi connectivity index (χ4n) is 2.52. The highest BCUT2D eigenvalue weighted by Crippen LogP contribution is 2.22. The predicted molar refractivity (Wildman–Crippen MR) is 78.7 cm³/mol. The van der Waals surface area contributed by atoms with Crippen LogP contribution in [0.3, 0.4) is 0 Å². The van der Waals surface area contributed by atoms with Crippen LogP contribution in [0.2, 0.25) is 0 Å². The van der Waals surface area contributed by atoms with Crippen molar-refractivity contribution in [2.75, 3.05) is 0 Å². The Morgan fingerprint density at radius 1 is 1.10 bits per heavy atom. The summed E-state index contributed by atoms with van der Waals surface area (Å²) in [7, 11) is 0. The van der Waals surface area contributed by atoms with Gasteiger partial charge in [-0.05, 0) is 24.6 Å². The van der Waals surface area contributed by atoms with E-state index in [1.807, 2.05) is 16.8 Å². The van der Waals surface area contributed by atoms with Gasteiger partial charge in [0.15, 0.2) is 0 Å². The summed E-state index contributed by atoms with van der Waals surface area (Å²) in [6.45, 7) is 0.567. The van der Waals surface area contributed by atoms with E-state index in [1.54, 1.807) is 30.3 Å². The van der Waals surface area contributed by atoms with Gasteiger partial charge < -0.3 is 4.57 Å². The quantitative estimate of drug-likeness (QED) is 0.538. The average molecular weight is 284 g/mol. The predicted octanol–water partition coefficient (Wildman–Crippen LogP) is 3.93. The van der Waals surface area contributed by atoms with Crippen molar-refractivity contribution < 1.29 is 9.31 Å². The Morgan fingerprint density at radius 2 is 1.90 bits per heavy atom. The van der Waals surface area contributed by atoms with Crippen LogP contribution in [0.1, 0.15) is 5.56 Å². The molecule has 3 rings (SSSR count). The maximum atomic E-state index is 13.6. The molecule has 0 saturated heterocycles. The second-order valence-corrected chi connectivity index (χ2v) is 4.82. The first-order chi connectivity index (χ1) is 10.2. The van der Waals surface area contributed by atoms with Crippen LogP contribution in [0, 0.1) is 15.9 Å². The number of rotatable bonds is 4. The van der Waals surface area contributed by atoms with Gasteiger partial charge in [0.25, 0.3) is 5.69 Å². The van der Waals surface area contributed by atoms with E-state index in [2.05, 4.69) is 0 Å². The van der Waals surface area contributed by atoms with Crippen LogP contribution in [0.5, 0.6) is 0 Å². The van der Waals surface area contributed by atoms with Crippen molar-refractivity contribution in [2.45, 2.75) is 13.0 Å². The van der Waals surface area contributed by atoms with Crippen molar-refractivity contribution in [1.82, 2.24) is 4.57 Å². The topological polar surface area (TPSA) is 48.1 Å². The zero-order valence-corrected chi connectivity index (χ0v) is 11.2. The van der Waals surface area contributed by atoms with Gasteiger partial charge in [0.05, 0.1) is 10.4 Å². The summed E-state index contributed by atoms with van der Waals surface area (Å²) in [4.78, 5) is 10.6. The summed E-state index contributed by atoms with van der Waals surface area (Å²) in [6, 6.07) is 13.4. The molecule has 0 aliphatic heterocycles. The molecule has 0 aliphatic rings. The number of aryl methyl sites for hydroxylation is 2. The molecule has 4 nitrogen and oxygen atoms in total. The monoisotopic (exact) mass is 284 g/mol. The molecule has 3 aromatic rings. The lowest BCUT2D eigenvalue weighted by atomic mass is 10.1. The van der Waals surface area contributed by atoms with E-state index in [4.69, 9.17) is 0 Å². The third-order valence-corrected chi connectivity index (χ3v) is 3.57. The summed E-state index contributed by atoms with van der Waals surface area (Å²) in [5, 5.41) is 11.6. The standard InChI is InChI=1S/C16H13FN2O2/c17-14-5-3-7-16-13(14)9-11-18(16)10-8-12-4-1-2-6-15(12)19(20)21/h1-7,9,11H,8,10H2. The summed E-state index contributed by atoms with van der Waals surface area (Å²) >= 11 is 0. The fourth-order valence-corrected chi connectivity index (χ4v) is 2.52. The number of nitrogens with zero attached hydrogens (tertiary/aromatic N) is 2. The lowest BCUT2D eigenvalue weighted by Gasteiger charge is -2.06. The molecule has 0 atom stereocenters. The number of para-hydroxylation sites is 1. The molecule has 0 amide bonds. The third kappa shape index (κ3) is 2.50. The molecule has 0 unspecified atom stereocenters. The molecule has 2 aromatic carbocycles. The SMILES string of the molecule is O=[N+]([O-])c1ccccc1CCn1ccc2c(F)cccc21. The highest BCUT2D eigenvalue weighted by molar-refractivity contribution is 5.80. The third-order valence-electron chi connectivity index (χ3n) is 3.57. The molecule has 1 heterocycles. The smallest absolute Gasteiger partial charge is 0.272 e. The molecule has 21 heavy (non-hydrogen) atoms. The van der Waals surface area contributed by atoms with E-state index >= 15 is 0 Å². The lowest BCUT2D eigenvalue weighted by Crippen LogP contribution is -2.02. The van der Waals surface area contributed by atoms with E-state index in [-0.39, 0.29) is 16.4 Å². The zero-order chi connectivity index (χ0) is 14.8. The van der Waals surface area contributed by atoms with E-state index in [0.717, 1.165) is 5.52 Å². The fraction of sp³-hybridized carbons (Fsp3) is 0.125. The van der Waals surface area contributed by atoms with E-state index < -0.39 is 0 Å². The van der Waals surface area contributed by atoms with Crippen molar-refractivity contribution >= 4 is 16.6 Å². The number of benzene rings is 2. The first kappa shape index (κ1) is 13.3. The summed E-state index contributed by atoms with van der Waals surface area (Å²) in [5.41, 5.74) is 1.61. The molecule has 0 bridgehead atoms. The molecule has 1 aromatic heterocycles. The number of hydrogen-bond donors (Lipinski definition) is 0. The molecular formula is C16H13FN2O2. The summed E-state index contributed by atoms with van der Waals surface area (Å²) in [6.07, 6.45) is 2.33. The van der Waals surface area contributed by atoms with Crippen LogP contribution in [0.4, 0.5) is 10.1 Å². The normalized spacial score (nSPS) is 10.9. The van der Waals surface area contributed by atoms with E-state index in [0.29, 0.717) is 23.9 Å². The second kappa shape index (κ2) is 5.36. The summed E-state index contributed by atoms with van der Waals surface area (Å²) in [5.74, 6) is -0.253. The minimum Gasteiger partial charge on any atom is -0.347 e. The van der Waals surface area contributed by atoms with Crippen LogP contribution in [0.15, 0.2) is 54.7 Å². The first-order valence-corrected chi connectivity index (χ1v) is 6.62. The number of nitro benzene ring substituents is 1. The molecule has 0 fully saturated rings. The number of fused-ring (bicyclic) bond motifs is 1. The van der Waals surface area contributed by atoms with Gasteiger partial charge >= 0.3 is 0 Å². The molecule has 0 radical (unpaired) electrons. The minimum atomic E-state index is -0.372. The van der Waals surface area contributed by atoms with Gasteiger partial charge in [0.2, 0.25) is 0 Å². The second-order valence-electron chi connectivity index (χ2n) is 4.82. The Labute approximate surface area is 120 Å². The largest absolute Gasteiger partial charge is 0.347 e. The van der Waals surface area contributed by atoms with Gasteiger partial charge in [0.1, 0.15) is 5.82 Å². The highest BCUT2D eigenvalue weighted by atomic mass is 19.1. The van der Waals surface area contributed by atoms with Crippen LogP contribution >= 0.6 is 0 Å². The van der Waals surface area contributed by atoms with Gasteiger partial charge in [-0.1, -0.05) is 24.3 Å². The number of halogens is 1. The minimum absolute atomic E-state index is 0.125. The van der Waals surface area contributed by atoms with Crippen molar-refractivity contribution in [3.05, 3.63) is 76.2 Å². The molecule has 0 N–H and O–H groups in total. The number of nitro groups is 1. The Balaban J connectivity index is 1.88. The summed E-state index contributed by atoms with van der Waals surface area (Å²) < 4.78 is 15.5. The van der Waals surface area contributed by atoms with Gasteiger partial charge in [-0.3, -0.25) is 10.1 Å². The Hall–Kier alpha value is -2.69. The van der Waals surface area contributed by atoms with Crippen LogP contribution in [-0.2, 0) is 13.0 Å². The van der Waals surface area contributed by atoms with Gasteiger partial charge in [-0.2, -0.15) is 0 Å². The van der Waals surface area contributed by atoms with Crippen molar-refractivity contribution in [2.24, 2.45) is 0 Å². The van der Waals surface area contributed by atoms with E-state index in [9.17, 15) is 14.5 Å².